The average Bonchev–Trinajstić information content (AvgIpc) is 3.06. The van der Waals surface area contributed by atoms with Gasteiger partial charge in [0.2, 0.25) is 0 Å². The first-order chi connectivity index (χ1) is 11.7. The Morgan fingerprint density at radius 2 is 2.08 bits per heavy atom. The summed E-state index contributed by atoms with van der Waals surface area (Å²) in [5, 5.41) is 19.1. The van der Waals surface area contributed by atoms with Crippen LogP contribution in [0.15, 0.2) is 36.4 Å². The monoisotopic (exact) mass is 323 g/mol. The maximum atomic E-state index is 9.59. The van der Waals surface area contributed by atoms with Crippen molar-refractivity contribution in [1.82, 2.24) is 0 Å². The molecule has 0 aromatic heterocycles. The summed E-state index contributed by atoms with van der Waals surface area (Å²) in [4.78, 5) is 0. The quantitative estimate of drug-likeness (QED) is 0.876. The number of hydrogen-bond acceptors (Lipinski definition) is 5. The summed E-state index contributed by atoms with van der Waals surface area (Å²) in [6, 6.07) is 13.8. The molecular formula is C18H18BNO4. The Labute approximate surface area is 141 Å². The highest BCUT2D eigenvalue weighted by molar-refractivity contribution is 6.43. The molecule has 3 rings (SSSR count). The van der Waals surface area contributed by atoms with Crippen molar-refractivity contribution >= 4 is 7.12 Å². The van der Waals surface area contributed by atoms with Crippen LogP contribution in [0.25, 0.3) is 11.1 Å². The van der Waals surface area contributed by atoms with Crippen LogP contribution in [0.5, 0.6) is 11.5 Å². The van der Waals surface area contributed by atoms with E-state index >= 15 is 0 Å². The molecule has 0 amide bonds. The highest BCUT2D eigenvalue weighted by Gasteiger charge is 2.29. The van der Waals surface area contributed by atoms with Crippen LogP contribution >= 0.6 is 0 Å². The first-order valence-corrected chi connectivity index (χ1v) is 7.73. The van der Waals surface area contributed by atoms with Gasteiger partial charge in [-0.15, -0.1) is 0 Å². The van der Waals surface area contributed by atoms with E-state index in [1.54, 1.807) is 13.2 Å². The standard InChI is InChI=1S/C18H18BNO4/c1-22-17-7-6-15(16(10-20)18(17)23-2)13-5-3-4-12(8-13)14-9-19(21)24-11-14/h3-8,14,21H,9,11H2,1-2H3. The van der Waals surface area contributed by atoms with Gasteiger partial charge < -0.3 is 19.2 Å². The van der Waals surface area contributed by atoms with E-state index in [2.05, 4.69) is 6.07 Å². The van der Waals surface area contributed by atoms with Crippen LogP contribution in [-0.2, 0) is 4.65 Å². The van der Waals surface area contributed by atoms with Gasteiger partial charge >= 0.3 is 7.12 Å². The van der Waals surface area contributed by atoms with Crippen molar-refractivity contribution < 1.29 is 19.2 Å². The molecule has 1 fully saturated rings. The highest BCUT2D eigenvalue weighted by atomic mass is 16.5. The normalized spacial score (nSPS) is 16.8. The van der Waals surface area contributed by atoms with Crippen LogP contribution in [0.3, 0.4) is 0 Å². The van der Waals surface area contributed by atoms with Crippen LogP contribution < -0.4 is 9.47 Å². The largest absolute Gasteiger partial charge is 0.493 e. The van der Waals surface area contributed by atoms with Crippen molar-refractivity contribution in [3.8, 4) is 28.7 Å². The zero-order valence-corrected chi connectivity index (χ0v) is 13.7. The van der Waals surface area contributed by atoms with Crippen molar-refractivity contribution in [1.29, 1.82) is 5.26 Å². The molecule has 0 saturated carbocycles. The van der Waals surface area contributed by atoms with Crippen LogP contribution in [0.4, 0.5) is 0 Å². The molecule has 1 atom stereocenters. The summed E-state index contributed by atoms with van der Waals surface area (Å²) >= 11 is 0. The van der Waals surface area contributed by atoms with Crippen molar-refractivity contribution in [3.05, 3.63) is 47.5 Å². The SMILES string of the molecule is COc1ccc(-c2cccc(C3COB(O)C3)c2)c(C#N)c1OC. The number of nitrogens with zero attached hydrogens (tertiary/aromatic N) is 1. The summed E-state index contributed by atoms with van der Waals surface area (Å²) in [7, 11) is 2.37. The Bertz CT molecular complexity index is 787. The molecule has 1 unspecified atom stereocenters. The van der Waals surface area contributed by atoms with Gasteiger partial charge in [-0.05, 0) is 29.6 Å². The second-order valence-corrected chi connectivity index (χ2v) is 5.68. The summed E-state index contributed by atoms with van der Waals surface area (Å²) in [5.41, 5.74) is 3.24. The third-order valence-electron chi connectivity index (χ3n) is 4.30. The lowest BCUT2D eigenvalue weighted by molar-refractivity contribution is 0.292. The minimum absolute atomic E-state index is 0.158. The number of nitriles is 1. The van der Waals surface area contributed by atoms with E-state index in [9.17, 15) is 10.3 Å². The van der Waals surface area contributed by atoms with E-state index in [0.29, 0.717) is 30.0 Å². The van der Waals surface area contributed by atoms with E-state index in [4.69, 9.17) is 14.1 Å². The lowest BCUT2D eigenvalue weighted by Gasteiger charge is -2.14. The van der Waals surface area contributed by atoms with E-state index in [0.717, 1.165) is 16.7 Å². The number of rotatable bonds is 4. The van der Waals surface area contributed by atoms with Gasteiger partial charge in [-0.1, -0.05) is 24.3 Å². The zero-order chi connectivity index (χ0) is 17.1. The molecular weight excluding hydrogens is 305 g/mol. The third kappa shape index (κ3) is 2.96. The van der Waals surface area contributed by atoms with Gasteiger partial charge in [0.25, 0.3) is 0 Å². The van der Waals surface area contributed by atoms with Crippen molar-refractivity contribution in [2.45, 2.75) is 12.2 Å². The van der Waals surface area contributed by atoms with Crippen molar-refractivity contribution in [2.24, 2.45) is 0 Å². The summed E-state index contributed by atoms with van der Waals surface area (Å²) < 4.78 is 15.9. The maximum absolute atomic E-state index is 9.59. The topological polar surface area (TPSA) is 71.7 Å². The summed E-state index contributed by atoms with van der Waals surface area (Å²) in [5.74, 6) is 1.12. The molecule has 1 saturated heterocycles. The average molecular weight is 323 g/mol. The van der Waals surface area contributed by atoms with Crippen molar-refractivity contribution in [3.63, 3.8) is 0 Å². The van der Waals surface area contributed by atoms with Crippen LogP contribution in [0, 0.1) is 11.3 Å². The lowest BCUT2D eigenvalue weighted by Crippen LogP contribution is -2.07. The van der Waals surface area contributed by atoms with Gasteiger partial charge in [0, 0.05) is 18.1 Å². The molecule has 0 radical (unpaired) electrons. The predicted molar refractivity (Wildman–Crippen MR) is 91.2 cm³/mol. The molecule has 1 N–H and O–H groups in total. The van der Waals surface area contributed by atoms with Gasteiger partial charge in [0.15, 0.2) is 11.5 Å². The second-order valence-electron chi connectivity index (χ2n) is 5.68. The van der Waals surface area contributed by atoms with E-state index < -0.39 is 7.12 Å². The van der Waals surface area contributed by atoms with E-state index in [-0.39, 0.29) is 5.92 Å². The molecule has 1 aliphatic rings. The smallest absolute Gasteiger partial charge is 0.454 e. The second kappa shape index (κ2) is 6.96. The summed E-state index contributed by atoms with van der Waals surface area (Å²) in [6.07, 6.45) is 0.584. The van der Waals surface area contributed by atoms with Gasteiger partial charge in [-0.3, -0.25) is 0 Å². The Hall–Kier alpha value is -2.49. The Balaban J connectivity index is 2.05. The van der Waals surface area contributed by atoms with Gasteiger partial charge in [-0.25, -0.2) is 0 Å². The van der Waals surface area contributed by atoms with Gasteiger partial charge in [-0.2, -0.15) is 5.26 Å². The first-order valence-electron chi connectivity index (χ1n) is 7.73. The summed E-state index contributed by atoms with van der Waals surface area (Å²) in [6.45, 7) is 0.502. The molecule has 2 aromatic rings. The number of ether oxygens (including phenoxy) is 2. The molecule has 0 bridgehead atoms. The molecule has 122 valence electrons. The Morgan fingerprint density at radius 3 is 2.71 bits per heavy atom. The molecule has 0 aliphatic carbocycles. The zero-order valence-electron chi connectivity index (χ0n) is 13.7. The predicted octanol–water partition coefficient (Wildman–Crippen LogP) is 2.84. The fourth-order valence-electron chi connectivity index (χ4n) is 3.08. The fraction of sp³-hybridized carbons (Fsp3) is 0.278. The third-order valence-corrected chi connectivity index (χ3v) is 4.30. The van der Waals surface area contributed by atoms with E-state index in [1.165, 1.54) is 7.11 Å². The lowest BCUT2D eigenvalue weighted by atomic mass is 9.79. The van der Waals surface area contributed by atoms with Crippen LogP contribution in [-0.4, -0.2) is 33.0 Å². The maximum Gasteiger partial charge on any atom is 0.454 e. The minimum Gasteiger partial charge on any atom is -0.493 e. The highest BCUT2D eigenvalue weighted by Crippen LogP contribution is 2.38. The van der Waals surface area contributed by atoms with Crippen LogP contribution in [0.1, 0.15) is 17.0 Å². The molecule has 5 nitrogen and oxygen atoms in total. The first kappa shape index (κ1) is 16.4. The molecule has 24 heavy (non-hydrogen) atoms. The molecule has 1 aliphatic heterocycles. The molecule has 2 aromatic carbocycles. The molecule has 1 heterocycles. The van der Waals surface area contributed by atoms with Gasteiger partial charge in [0.05, 0.1) is 14.2 Å². The number of methoxy groups -OCH3 is 2. The number of hydrogen-bond donors (Lipinski definition) is 1. The molecule has 0 spiro atoms. The van der Waals surface area contributed by atoms with Crippen molar-refractivity contribution in [2.75, 3.05) is 20.8 Å². The molecule has 6 heteroatoms. The Morgan fingerprint density at radius 1 is 1.25 bits per heavy atom. The fourth-order valence-corrected chi connectivity index (χ4v) is 3.08. The Kier molecular flexibility index (Phi) is 4.75. The van der Waals surface area contributed by atoms with Gasteiger partial charge in [0.1, 0.15) is 11.6 Å². The number of benzene rings is 2. The van der Waals surface area contributed by atoms with E-state index in [1.807, 2.05) is 30.3 Å². The minimum atomic E-state index is -0.700. The van der Waals surface area contributed by atoms with Crippen LogP contribution in [0.2, 0.25) is 6.32 Å².